The highest BCUT2D eigenvalue weighted by Crippen LogP contribution is 2.45. The predicted molar refractivity (Wildman–Crippen MR) is 127 cm³/mol. The van der Waals surface area contributed by atoms with E-state index in [4.69, 9.17) is 0 Å². The molecule has 1 aromatic carbocycles. The molecule has 1 aromatic rings. The number of carbonyl (C=O) groups is 3. The molecule has 1 saturated heterocycles. The number of benzene rings is 1. The number of amides is 3. The Morgan fingerprint density at radius 3 is 2.33 bits per heavy atom. The van der Waals surface area contributed by atoms with Crippen LogP contribution >= 0.6 is 0 Å². The molecule has 3 rings (SSSR count). The maximum Gasteiger partial charge on any atom is 0.243 e. The number of carbonyl (C=O) groups excluding carboxylic acids is 3. The van der Waals surface area contributed by atoms with Crippen LogP contribution in [0.3, 0.4) is 0 Å². The third-order valence-electron chi connectivity index (χ3n) is 6.75. The molecule has 0 radical (unpaired) electrons. The molecular weight excluding hydrogens is 418 g/mol. The second kappa shape index (κ2) is 10.1. The minimum Gasteiger partial charge on any atom is -0.394 e. The SMILES string of the molecule is CC[C@@H]1C=C[C@H]2[C@H](C(=O)N([C@@H](CO)Cc3ccccc3)[C@@H]2C(=O)NC(C)(C)C)[C@@H]1C(=O)NC. The highest BCUT2D eigenvalue weighted by molar-refractivity contribution is 5.97. The number of nitrogens with zero attached hydrogens (tertiary/aromatic N) is 1. The summed E-state index contributed by atoms with van der Waals surface area (Å²) in [7, 11) is 1.58. The molecule has 1 heterocycles. The van der Waals surface area contributed by atoms with Gasteiger partial charge in [-0.3, -0.25) is 14.4 Å². The Bertz CT molecular complexity index is 893. The first kappa shape index (κ1) is 25.0. The van der Waals surface area contributed by atoms with Crippen LogP contribution in [-0.4, -0.2) is 59.0 Å². The number of aliphatic hydroxyl groups is 1. The number of fused-ring (bicyclic) bond motifs is 1. The van der Waals surface area contributed by atoms with Gasteiger partial charge in [0.1, 0.15) is 6.04 Å². The number of nitrogens with one attached hydrogen (secondary N) is 2. The summed E-state index contributed by atoms with van der Waals surface area (Å²) < 4.78 is 0. The minimum atomic E-state index is -0.788. The van der Waals surface area contributed by atoms with Crippen molar-refractivity contribution in [3.8, 4) is 0 Å². The molecule has 2 aliphatic rings. The lowest BCUT2D eigenvalue weighted by Crippen LogP contribution is -2.56. The number of likely N-dealkylation sites (tertiary alicyclic amines) is 1. The number of hydrogen-bond acceptors (Lipinski definition) is 4. The van der Waals surface area contributed by atoms with Crippen molar-refractivity contribution >= 4 is 17.7 Å². The van der Waals surface area contributed by atoms with E-state index in [1.807, 2.05) is 70.2 Å². The Morgan fingerprint density at radius 1 is 1.12 bits per heavy atom. The zero-order valence-electron chi connectivity index (χ0n) is 20.2. The topological polar surface area (TPSA) is 98.7 Å². The summed E-state index contributed by atoms with van der Waals surface area (Å²) >= 11 is 0. The maximum atomic E-state index is 13.9. The summed E-state index contributed by atoms with van der Waals surface area (Å²) in [6, 6.07) is 8.27. The average Bonchev–Trinajstić information content (AvgIpc) is 3.08. The molecule has 0 bridgehead atoms. The predicted octanol–water partition coefficient (Wildman–Crippen LogP) is 1.91. The van der Waals surface area contributed by atoms with Crippen LogP contribution in [0.4, 0.5) is 0 Å². The van der Waals surface area contributed by atoms with E-state index in [0.29, 0.717) is 6.42 Å². The summed E-state index contributed by atoms with van der Waals surface area (Å²) in [5, 5.41) is 16.1. The lowest BCUT2D eigenvalue weighted by atomic mass is 9.68. The summed E-state index contributed by atoms with van der Waals surface area (Å²) in [5.41, 5.74) is 0.488. The van der Waals surface area contributed by atoms with Gasteiger partial charge in [-0.2, -0.15) is 0 Å². The summed E-state index contributed by atoms with van der Waals surface area (Å²) in [5.74, 6) is -2.38. The van der Waals surface area contributed by atoms with E-state index in [0.717, 1.165) is 12.0 Å². The second-order valence-corrected chi connectivity index (χ2v) is 10.2. The van der Waals surface area contributed by atoms with Crippen LogP contribution in [-0.2, 0) is 20.8 Å². The van der Waals surface area contributed by atoms with Crippen molar-refractivity contribution in [2.45, 2.75) is 58.2 Å². The van der Waals surface area contributed by atoms with Gasteiger partial charge in [0.15, 0.2) is 0 Å². The van der Waals surface area contributed by atoms with Gasteiger partial charge in [-0.1, -0.05) is 49.4 Å². The van der Waals surface area contributed by atoms with Gasteiger partial charge in [-0.05, 0) is 45.1 Å². The van der Waals surface area contributed by atoms with E-state index in [1.165, 1.54) is 0 Å². The van der Waals surface area contributed by atoms with Gasteiger partial charge in [0.05, 0.1) is 24.5 Å². The van der Waals surface area contributed by atoms with Crippen LogP contribution in [0, 0.1) is 23.7 Å². The zero-order chi connectivity index (χ0) is 24.3. The number of hydrogen-bond donors (Lipinski definition) is 3. The van der Waals surface area contributed by atoms with Gasteiger partial charge in [0, 0.05) is 18.5 Å². The first-order valence-electron chi connectivity index (χ1n) is 11.8. The van der Waals surface area contributed by atoms with Crippen LogP contribution < -0.4 is 10.6 Å². The van der Waals surface area contributed by atoms with Gasteiger partial charge >= 0.3 is 0 Å². The average molecular weight is 456 g/mol. The van der Waals surface area contributed by atoms with Crippen molar-refractivity contribution in [3.05, 3.63) is 48.0 Å². The summed E-state index contributed by atoms with van der Waals surface area (Å²) in [6.45, 7) is 7.42. The van der Waals surface area contributed by atoms with Gasteiger partial charge in [0.2, 0.25) is 17.7 Å². The molecule has 1 aliphatic carbocycles. The van der Waals surface area contributed by atoms with Crippen LogP contribution in [0.1, 0.15) is 39.7 Å². The molecule has 0 unspecified atom stereocenters. The molecule has 3 N–H and O–H groups in total. The molecule has 3 amide bonds. The van der Waals surface area contributed by atoms with E-state index in [-0.39, 0.29) is 30.2 Å². The monoisotopic (exact) mass is 455 g/mol. The standard InChI is InChI=1S/C26H37N3O4/c1-6-17-12-13-19-21(20(17)23(31)27-5)25(33)29(22(19)24(32)28-26(2,3)4)18(15-30)14-16-10-8-7-9-11-16/h7-13,17-22,30H,6,14-15H2,1-5H3,(H,27,31)(H,28,32)/t17-,18-,19+,20-,21+,22+/m1/s1. The largest absolute Gasteiger partial charge is 0.394 e. The quantitative estimate of drug-likeness (QED) is 0.547. The lowest BCUT2D eigenvalue weighted by Gasteiger charge is -2.35. The fourth-order valence-corrected chi connectivity index (χ4v) is 5.33. The van der Waals surface area contributed by atoms with Gasteiger partial charge in [-0.15, -0.1) is 0 Å². The van der Waals surface area contributed by atoms with Crippen LogP contribution in [0.25, 0.3) is 0 Å². The van der Waals surface area contributed by atoms with Crippen molar-refractivity contribution < 1.29 is 19.5 Å². The minimum absolute atomic E-state index is 0.0804. The van der Waals surface area contributed by atoms with Crippen molar-refractivity contribution in [2.75, 3.05) is 13.7 Å². The molecule has 0 aromatic heterocycles. The Hall–Kier alpha value is -2.67. The smallest absolute Gasteiger partial charge is 0.243 e. The summed E-state index contributed by atoms with van der Waals surface area (Å²) in [6.07, 6.45) is 5.07. The van der Waals surface area contributed by atoms with Crippen molar-refractivity contribution in [2.24, 2.45) is 23.7 Å². The fourth-order valence-electron chi connectivity index (χ4n) is 5.33. The number of allylic oxidation sites excluding steroid dienone is 1. The highest BCUT2D eigenvalue weighted by Gasteiger charge is 2.58. The summed E-state index contributed by atoms with van der Waals surface area (Å²) in [4.78, 5) is 41.9. The van der Waals surface area contributed by atoms with E-state index >= 15 is 0 Å². The van der Waals surface area contributed by atoms with Gasteiger partial charge in [0.25, 0.3) is 0 Å². The zero-order valence-corrected chi connectivity index (χ0v) is 20.2. The first-order chi connectivity index (χ1) is 15.6. The lowest BCUT2D eigenvalue weighted by molar-refractivity contribution is -0.143. The van der Waals surface area contributed by atoms with Crippen LogP contribution in [0.15, 0.2) is 42.5 Å². The van der Waals surface area contributed by atoms with E-state index in [9.17, 15) is 19.5 Å². The molecule has 0 spiro atoms. The van der Waals surface area contributed by atoms with Gasteiger partial charge in [-0.25, -0.2) is 0 Å². The second-order valence-electron chi connectivity index (χ2n) is 10.2. The number of rotatable bonds is 7. The maximum absolute atomic E-state index is 13.9. The van der Waals surface area contributed by atoms with Crippen molar-refractivity contribution in [3.63, 3.8) is 0 Å². The first-order valence-corrected chi connectivity index (χ1v) is 11.8. The van der Waals surface area contributed by atoms with E-state index < -0.39 is 35.4 Å². The van der Waals surface area contributed by atoms with Crippen molar-refractivity contribution in [1.82, 2.24) is 15.5 Å². The Labute approximate surface area is 196 Å². The normalized spacial score (nSPS) is 27.8. The molecule has 6 atom stereocenters. The van der Waals surface area contributed by atoms with Crippen LogP contribution in [0.2, 0.25) is 0 Å². The molecule has 1 fully saturated rings. The Morgan fingerprint density at radius 2 is 1.79 bits per heavy atom. The molecular formula is C26H37N3O4. The molecule has 0 saturated carbocycles. The third kappa shape index (κ3) is 5.13. The third-order valence-corrected chi connectivity index (χ3v) is 6.75. The Balaban J connectivity index is 2.06. The van der Waals surface area contributed by atoms with Gasteiger partial charge < -0.3 is 20.6 Å². The molecule has 7 nitrogen and oxygen atoms in total. The van der Waals surface area contributed by atoms with E-state index in [2.05, 4.69) is 10.6 Å². The Kier molecular flexibility index (Phi) is 7.62. The molecule has 33 heavy (non-hydrogen) atoms. The number of aliphatic hydroxyl groups excluding tert-OH is 1. The molecule has 7 heteroatoms. The fraction of sp³-hybridized carbons (Fsp3) is 0.577. The van der Waals surface area contributed by atoms with E-state index in [1.54, 1.807) is 11.9 Å². The molecule has 180 valence electrons. The highest BCUT2D eigenvalue weighted by atomic mass is 16.3. The molecule has 1 aliphatic heterocycles. The van der Waals surface area contributed by atoms with Crippen LogP contribution in [0.5, 0.6) is 0 Å². The van der Waals surface area contributed by atoms with Crippen molar-refractivity contribution in [1.29, 1.82) is 0 Å².